The molecule has 0 N–H and O–H groups in total. The third-order valence-corrected chi connectivity index (χ3v) is 2.88. The van der Waals surface area contributed by atoms with Gasteiger partial charge >= 0.3 is 0 Å². The lowest BCUT2D eigenvalue weighted by atomic mass is 10.2. The van der Waals surface area contributed by atoms with E-state index < -0.39 is 0 Å². The van der Waals surface area contributed by atoms with Crippen molar-refractivity contribution in [2.45, 2.75) is 20.4 Å². The Balaban J connectivity index is 0.00000144. The van der Waals surface area contributed by atoms with Crippen molar-refractivity contribution in [3.8, 4) is 0 Å². The second kappa shape index (κ2) is 6.04. The van der Waals surface area contributed by atoms with Crippen molar-refractivity contribution in [2.75, 3.05) is 0 Å². The summed E-state index contributed by atoms with van der Waals surface area (Å²) >= 11 is 5.97. The molecular weight excluding hydrogens is 253 g/mol. The number of nitrogens with zero attached hydrogens (tertiary/aromatic N) is 1. The molecule has 0 spiro atoms. The van der Waals surface area contributed by atoms with Crippen LogP contribution < -0.4 is 17.0 Å². The fourth-order valence-electron chi connectivity index (χ4n) is 1.80. The zero-order valence-corrected chi connectivity index (χ0v) is 11.5. The predicted octanol–water partition coefficient (Wildman–Crippen LogP) is 0.297. The lowest BCUT2D eigenvalue weighted by molar-refractivity contribution is -0.694. The van der Waals surface area contributed by atoms with Crippen LogP contribution in [-0.2, 0) is 6.54 Å². The molecule has 90 valence electrons. The highest BCUT2D eigenvalue weighted by Crippen LogP contribution is 2.10. The topological polar surface area (TPSA) is 3.88 Å². The summed E-state index contributed by atoms with van der Waals surface area (Å²) in [4.78, 5) is 0. The van der Waals surface area contributed by atoms with Gasteiger partial charge in [-0.3, -0.25) is 0 Å². The number of halogens is 2. The van der Waals surface area contributed by atoms with E-state index in [2.05, 4.69) is 42.8 Å². The summed E-state index contributed by atoms with van der Waals surface area (Å²) in [5.41, 5.74) is 3.78. The van der Waals surface area contributed by atoms with Crippen LogP contribution in [0.4, 0.5) is 0 Å². The van der Waals surface area contributed by atoms with Crippen molar-refractivity contribution in [3.05, 3.63) is 64.4 Å². The van der Waals surface area contributed by atoms with E-state index in [1.165, 1.54) is 16.8 Å². The highest BCUT2D eigenvalue weighted by Gasteiger charge is 2.07. The zero-order chi connectivity index (χ0) is 11.5. The molecular formula is C14H15Cl2N. The van der Waals surface area contributed by atoms with Crippen molar-refractivity contribution in [1.82, 2.24) is 0 Å². The maximum atomic E-state index is 5.97. The molecule has 2 rings (SSSR count). The maximum Gasteiger partial charge on any atom is 0.178 e. The second-order valence-corrected chi connectivity index (χ2v) is 4.54. The molecule has 0 aliphatic rings. The molecule has 0 atom stereocenters. The van der Waals surface area contributed by atoms with Crippen LogP contribution >= 0.6 is 11.6 Å². The molecule has 0 saturated heterocycles. The zero-order valence-electron chi connectivity index (χ0n) is 9.95. The molecule has 0 unspecified atom stereocenters. The Morgan fingerprint density at radius 2 is 1.88 bits per heavy atom. The summed E-state index contributed by atoms with van der Waals surface area (Å²) in [6.07, 6.45) is 2.12. The van der Waals surface area contributed by atoms with Gasteiger partial charge in [0, 0.05) is 29.6 Å². The molecule has 1 nitrogen and oxygen atoms in total. The van der Waals surface area contributed by atoms with E-state index in [9.17, 15) is 0 Å². The monoisotopic (exact) mass is 267 g/mol. The SMILES string of the molecule is Cc1cc[n+](Cc2cccc(Cl)c2)c(C)c1.[Cl-]. The summed E-state index contributed by atoms with van der Waals surface area (Å²) in [5, 5.41) is 0.794. The molecule has 0 saturated carbocycles. The van der Waals surface area contributed by atoms with Crippen LogP contribution in [0.2, 0.25) is 5.02 Å². The third-order valence-electron chi connectivity index (χ3n) is 2.65. The number of hydrogen-bond donors (Lipinski definition) is 0. The van der Waals surface area contributed by atoms with Crippen LogP contribution in [-0.4, -0.2) is 0 Å². The fourth-order valence-corrected chi connectivity index (χ4v) is 2.01. The first-order valence-corrected chi connectivity index (χ1v) is 5.74. The number of aryl methyl sites for hydroxylation is 2. The fraction of sp³-hybridized carbons (Fsp3) is 0.214. The molecule has 0 aliphatic carbocycles. The van der Waals surface area contributed by atoms with Gasteiger partial charge in [-0.05, 0) is 24.6 Å². The minimum Gasteiger partial charge on any atom is -1.00 e. The normalized spacial score (nSPS) is 9.82. The molecule has 0 amide bonds. The van der Waals surface area contributed by atoms with Gasteiger partial charge in [-0.2, -0.15) is 4.57 Å². The van der Waals surface area contributed by atoms with Gasteiger partial charge in [0.05, 0.1) is 0 Å². The summed E-state index contributed by atoms with van der Waals surface area (Å²) in [7, 11) is 0. The first-order valence-electron chi connectivity index (χ1n) is 5.36. The molecule has 2 aromatic rings. The first-order chi connectivity index (χ1) is 7.65. The second-order valence-electron chi connectivity index (χ2n) is 4.10. The standard InChI is InChI=1S/C14H15ClN.ClH/c1-11-6-7-16(12(2)8-11)10-13-4-3-5-14(15)9-13;/h3-9H,10H2,1-2H3;1H/q+1;/p-1. The summed E-state index contributed by atoms with van der Waals surface area (Å²) < 4.78 is 2.22. The van der Waals surface area contributed by atoms with Gasteiger partial charge < -0.3 is 12.4 Å². The van der Waals surface area contributed by atoms with Gasteiger partial charge in [0.2, 0.25) is 0 Å². The Morgan fingerprint density at radius 3 is 2.53 bits per heavy atom. The molecule has 1 aromatic heterocycles. The maximum absolute atomic E-state index is 5.97. The van der Waals surface area contributed by atoms with E-state index in [4.69, 9.17) is 11.6 Å². The minimum absolute atomic E-state index is 0. The van der Waals surface area contributed by atoms with Crippen LogP contribution in [0.1, 0.15) is 16.8 Å². The smallest absolute Gasteiger partial charge is 0.178 e. The van der Waals surface area contributed by atoms with Crippen LogP contribution in [0.3, 0.4) is 0 Å². The van der Waals surface area contributed by atoms with Gasteiger partial charge in [-0.1, -0.05) is 23.7 Å². The Hall–Kier alpha value is -1.05. The number of aromatic nitrogens is 1. The van der Waals surface area contributed by atoms with Crippen LogP contribution in [0, 0.1) is 13.8 Å². The molecule has 0 fully saturated rings. The quantitative estimate of drug-likeness (QED) is 0.690. The lowest BCUT2D eigenvalue weighted by Crippen LogP contribution is -3.00. The van der Waals surface area contributed by atoms with Crippen molar-refractivity contribution >= 4 is 11.6 Å². The predicted molar refractivity (Wildman–Crippen MR) is 66.7 cm³/mol. The average molecular weight is 268 g/mol. The van der Waals surface area contributed by atoms with Gasteiger partial charge in [-0.25, -0.2) is 0 Å². The van der Waals surface area contributed by atoms with E-state index in [-0.39, 0.29) is 12.4 Å². The highest BCUT2D eigenvalue weighted by atomic mass is 35.5. The van der Waals surface area contributed by atoms with Crippen LogP contribution in [0.15, 0.2) is 42.6 Å². The van der Waals surface area contributed by atoms with Crippen molar-refractivity contribution in [3.63, 3.8) is 0 Å². The third kappa shape index (κ3) is 3.72. The Morgan fingerprint density at radius 1 is 1.12 bits per heavy atom. The van der Waals surface area contributed by atoms with Gasteiger partial charge in [0.25, 0.3) is 0 Å². The van der Waals surface area contributed by atoms with E-state index in [1.54, 1.807) is 0 Å². The number of rotatable bonds is 2. The Labute approximate surface area is 113 Å². The van der Waals surface area contributed by atoms with Gasteiger partial charge in [0.15, 0.2) is 18.4 Å². The molecule has 1 aromatic carbocycles. The Bertz CT molecular complexity index is 509. The summed E-state index contributed by atoms with van der Waals surface area (Å²) in [6, 6.07) is 12.3. The van der Waals surface area contributed by atoms with Crippen LogP contribution in [0.25, 0.3) is 0 Å². The Kier molecular flexibility index (Phi) is 4.98. The first kappa shape index (κ1) is 14.0. The largest absolute Gasteiger partial charge is 1.00 e. The van der Waals surface area contributed by atoms with Crippen molar-refractivity contribution in [2.24, 2.45) is 0 Å². The van der Waals surface area contributed by atoms with Gasteiger partial charge in [0.1, 0.15) is 0 Å². The lowest BCUT2D eigenvalue weighted by Gasteiger charge is -2.02. The molecule has 0 aliphatic heterocycles. The molecule has 0 radical (unpaired) electrons. The molecule has 1 heterocycles. The minimum atomic E-state index is 0. The number of benzene rings is 1. The van der Waals surface area contributed by atoms with Crippen molar-refractivity contribution < 1.29 is 17.0 Å². The van der Waals surface area contributed by atoms with E-state index in [0.29, 0.717) is 0 Å². The summed E-state index contributed by atoms with van der Waals surface area (Å²) in [5.74, 6) is 0. The van der Waals surface area contributed by atoms with E-state index in [0.717, 1.165) is 11.6 Å². The van der Waals surface area contributed by atoms with Crippen molar-refractivity contribution in [1.29, 1.82) is 0 Å². The number of pyridine rings is 1. The average Bonchev–Trinajstić information content (AvgIpc) is 2.22. The van der Waals surface area contributed by atoms with Crippen LogP contribution in [0.5, 0.6) is 0 Å². The molecule has 0 bridgehead atoms. The number of hydrogen-bond acceptors (Lipinski definition) is 0. The molecule has 17 heavy (non-hydrogen) atoms. The van der Waals surface area contributed by atoms with Gasteiger partial charge in [-0.15, -0.1) is 0 Å². The summed E-state index contributed by atoms with van der Waals surface area (Å²) in [6.45, 7) is 5.10. The van der Waals surface area contributed by atoms with E-state index in [1.807, 2.05) is 18.2 Å². The van der Waals surface area contributed by atoms with E-state index >= 15 is 0 Å². The molecule has 3 heteroatoms. The highest BCUT2D eigenvalue weighted by molar-refractivity contribution is 6.30.